The second-order valence-corrected chi connectivity index (χ2v) is 3.54. The third-order valence-electron chi connectivity index (χ3n) is 2.42. The number of benzene rings is 2. The van der Waals surface area contributed by atoms with Crippen molar-refractivity contribution < 1.29 is 27.0 Å². The summed E-state index contributed by atoms with van der Waals surface area (Å²) < 4.78 is 0. The van der Waals surface area contributed by atoms with Crippen molar-refractivity contribution in [2.24, 2.45) is 0 Å². The van der Waals surface area contributed by atoms with Crippen LogP contribution in [0.3, 0.4) is 0 Å². The number of carbonyl (C=O) groups excluding carboxylic acids is 1. The molecular formula is C14H13ClFeO2. The van der Waals surface area contributed by atoms with Gasteiger partial charge in [-0.1, -0.05) is 60.7 Å². The Balaban J connectivity index is 0.00000144. The molecule has 0 saturated carbocycles. The largest absolute Gasteiger partial charge is 0.380 e. The number of rotatable bonds is 3. The molecule has 0 aliphatic rings. The first-order valence-electron chi connectivity index (χ1n) is 5.11. The Hall–Kier alpha value is -1.12. The van der Waals surface area contributed by atoms with Crippen molar-refractivity contribution in [3.63, 3.8) is 0 Å². The fourth-order valence-electron chi connectivity index (χ4n) is 1.55. The fourth-order valence-corrected chi connectivity index (χ4v) is 1.55. The van der Waals surface area contributed by atoms with Crippen molar-refractivity contribution in [3.8, 4) is 0 Å². The van der Waals surface area contributed by atoms with Gasteiger partial charge < -0.3 is 5.11 Å². The molecule has 0 amide bonds. The normalized spacial score (nSPS) is 10.7. The minimum absolute atomic E-state index is 0. The number of carbonyl (C=O) groups is 1. The average molecular weight is 305 g/mol. The molecule has 0 aliphatic carbocycles. The number of halogens is 1. The van der Waals surface area contributed by atoms with Crippen LogP contribution in [0.2, 0.25) is 0 Å². The van der Waals surface area contributed by atoms with Crippen molar-refractivity contribution in [1.82, 2.24) is 0 Å². The van der Waals surface area contributed by atoms with Crippen molar-refractivity contribution in [3.05, 3.63) is 71.8 Å². The molecule has 0 aromatic heterocycles. The van der Waals surface area contributed by atoms with Gasteiger partial charge in [-0.25, -0.2) is 0 Å². The molecule has 0 bridgehead atoms. The summed E-state index contributed by atoms with van der Waals surface area (Å²) in [5.74, 6) is -0.271. The zero-order chi connectivity index (χ0) is 11.4. The van der Waals surface area contributed by atoms with Gasteiger partial charge in [0.1, 0.15) is 6.10 Å². The van der Waals surface area contributed by atoms with Crippen molar-refractivity contribution in [2.75, 3.05) is 0 Å². The number of aliphatic hydroxyl groups excluding tert-OH is 1. The van der Waals surface area contributed by atoms with Crippen molar-refractivity contribution in [1.29, 1.82) is 0 Å². The van der Waals surface area contributed by atoms with E-state index in [0.717, 1.165) is 0 Å². The quantitative estimate of drug-likeness (QED) is 0.699. The maximum absolute atomic E-state index is 11.9. The van der Waals surface area contributed by atoms with E-state index in [0.29, 0.717) is 11.1 Å². The standard InChI is InChI=1S/C14H12O2.ClH.Fe/c15-13(11-7-3-1-4-8-11)14(16)12-9-5-2-6-10-12;;/h1-10,13,15H;1H;. The maximum Gasteiger partial charge on any atom is 0.195 e. The predicted octanol–water partition coefficient (Wildman–Crippen LogP) is 3.02. The first kappa shape index (κ1) is 16.9. The number of Topliss-reactive ketones (excluding diaryl/α,β-unsaturated/α-hetero) is 1. The van der Waals surface area contributed by atoms with E-state index in [1.54, 1.807) is 48.5 Å². The molecule has 2 aromatic carbocycles. The van der Waals surface area contributed by atoms with E-state index in [1.165, 1.54) is 0 Å². The average Bonchev–Trinajstić information content (AvgIpc) is 2.39. The van der Waals surface area contributed by atoms with Gasteiger partial charge >= 0.3 is 0 Å². The Morgan fingerprint density at radius 1 is 0.889 bits per heavy atom. The third kappa shape index (κ3) is 3.97. The fraction of sp³-hybridized carbons (Fsp3) is 0.0714. The van der Waals surface area contributed by atoms with Crippen LogP contribution >= 0.6 is 12.4 Å². The molecule has 0 aliphatic heterocycles. The van der Waals surface area contributed by atoms with Crippen LogP contribution in [-0.2, 0) is 17.1 Å². The van der Waals surface area contributed by atoms with Crippen LogP contribution in [0.1, 0.15) is 22.0 Å². The molecule has 2 nitrogen and oxygen atoms in total. The van der Waals surface area contributed by atoms with Crippen LogP contribution in [0.5, 0.6) is 0 Å². The van der Waals surface area contributed by atoms with E-state index in [9.17, 15) is 9.90 Å². The summed E-state index contributed by atoms with van der Waals surface area (Å²) in [4.78, 5) is 11.9. The minimum atomic E-state index is -1.08. The summed E-state index contributed by atoms with van der Waals surface area (Å²) in [5.41, 5.74) is 1.15. The van der Waals surface area contributed by atoms with E-state index in [1.807, 2.05) is 12.1 Å². The molecular weight excluding hydrogens is 291 g/mol. The Kier molecular flexibility index (Phi) is 7.56. The van der Waals surface area contributed by atoms with Crippen LogP contribution < -0.4 is 0 Å². The van der Waals surface area contributed by atoms with E-state index in [2.05, 4.69) is 0 Å². The molecule has 18 heavy (non-hydrogen) atoms. The van der Waals surface area contributed by atoms with Gasteiger partial charge in [-0.2, -0.15) is 0 Å². The summed E-state index contributed by atoms with van der Waals surface area (Å²) in [6, 6.07) is 17.7. The molecule has 96 valence electrons. The maximum atomic E-state index is 11.9. The summed E-state index contributed by atoms with van der Waals surface area (Å²) in [7, 11) is 0. The van der Waals surface area contributed by atoms with Gasteiger partial charge in [0.15, 0.2) is 5.78 Å². The number of ketones is 1. The third-order valence-corrected chi connectivity index (χ3v) is 2.42. The number of hydrogen-bond acceptors (Lipinski definition) is 2. The first-order chi connectivity index (χ1) is 7.79. The van der Waals surface area contributed by atoms with Gasteiger partial charge in [0.25, 0.3) is 0 Å². The SMILES string of the molecule is Cl.O=C(c1ccccc1)C(O)c1ccccc1.[Fe]. The molecule has 0 heterocycles. The van der Waals surface area contributed by atoms with Crippen LogP contribution in [-0.4, -0.2) is 10.9 Å². The number of hydrogen-bond donors (Lipinski definition) is 1. The second-order valence-electron chi connectivity index (χ2n) is 3.54. The van der Waals surface area contributed by atoms with E-state index < -0.39 is 6.10 Å². The molecule has 1 N–H and O–H groups in total. The van der Waals surface area contributed by atoms with Gasteiger partial charge in [0.2, 0.25) is 0 Å². The Morgan fingerprint density at radius 2 is 1.33 bits per heavy atom. The molecule has 0 spiro atoms. The van der Waals surface area contributed by atoms with Crippen LogP contribution in [0, 0.1) is 0 Å². The summed E-state index contributed by atoms with van der Waals surface area (Å²) in [5, 5.41) is 9.89. The summed E-state index contributed by atoms with van der Waals surface area (Å²) in [6.07, 6.45) is -1.08. The molecule has 4 heteroatoms. The molecule has 0 radical (unpaired) electrons. The van der Waals surface area contributed by atoms with Gasteiger partial charge in [-0.15, -0.1) is 12.4 Å². The second kappa shape index (κ2) is 8.06. The molecule has 2 rings (SSSR count). The van der Waals surface area contributed by atoms with Gasteiger partial charge in [-0.05, 0) is 5.56 Å². The number of aliphatic hydroxyl groups is 1. The molecule has 0 saturated heterocycles. The Bertz CT molecular complexity index is 474. The van der Waals surface area contributed by atoms with Gasteiger partial charge in [0.05, 0.1) is 0 Å². The topological polar surface area (TPSA) is 37.3 Å². The van der Waals surface area contributed by atoms with Gasteiger partial charge in [0, 0.05) is 22.6 Å². The molecule has 1 unspecified atom stereocenters. The van der Waals surface area contributed by atoms with Crippen LogP contribution in [0.4, 0.5) is 0 Å². The van der Waals surface area contributed by atoms with Crippen LogP contribution in [0.15, 0.2) is 60.7 Å². The molecule has 1 atom stereocenters. The van der Waals surface area contributed by atoms with Crippen LogP contribution in [0.25, 0.3) is 0 Å². The Labute approximate surface area is 123 Å². The smallest absolute Gasteiger partial charge is 0.195 e. The monoisotopic (exact) mass is 304 g/mol. The van der Waals surface area contributed by atoms with Crippen molar-refractivity contribution >= 4 is 18.2 Å². The minimum Gasteiger partial charge on any atom is -0.380 e. The molecule has 0 fully saturated rings. The van der Waals surface area contributed by atoms with E-state index in [4.69, 9.17) is 0 Å². The summed E-state index contributed by atoms with van der Waals surface area (Å²) >= 11 is 0. The van der Waals surface area contributed by atoms with Crippen molar-refractivity contribution in [2.45, 2.75) is 6.10 Å². The Morgan fingerprint density at radius 3 is 1.83 bits per heavy atom. The zero-order valence-electron chi connectivity index (χ0n) is 9.47. The van der Waals surface area contributed by atoms with E-state index in [-0.39, 0.29) is 35.3 Å². The predicted molar refractivity (Wildman–Crippen MR) is 69.4 cm³/mol. The van der Waals surface area contributed by atoms with E-state index >= 15 is 0 Å². The zero-order valence-corrected chi connectivity index (χ0v) is 11.4. The summed E-state index contributed by atoms with van der Waals surface area (Å²) in [6.45, 7) is 0. The first-order valence-corrected chi connectivity index (χ1v) is 5.11. The van der Waals surface area contributed by atoms with Gasteiger partial charge in [-0.3, -0.25) is 4.79 Å². The molecule has 2 aromatic rings.